The summed E-state index contributed by atoms with van der Waals surface area (Å²) in [6, 6.07) is 3.80. The van der Waals surface area contributed by atoms with Crippen molar-refractivity contribution >= 4 is 11.6 Å². The zero-order valence-electron chi connectivity index (χ0n) is 13.2. The van der Waals surface area contributed by atoms with Crippen LogP contribution < -0.4 is 14.8 Å². The maximum Gasteiger partial charge on any atom is 0.166 e. The van der Waals surface area contributed by atoms with Crippen molar-refractivity contribution < 1.29 is 9.47 Å². The predicted molar refractivity (Wildman–Crippen MR) is 87.4 cm³/mol. The Bertz CT molecular complexity index is 464. The van der Waals surface area contributed by atoms with Crippen LogP contribution in [0.3, 0.4) is 0 Å². The summed E-state index contributed by atoms with van der Waals surface area (Å²) in [6.45, 7) is 6.04. The monoisotopic (exact) mass is 311 g/mol. The highest BCUT2D eigenvalue weighted by Gasteiger charge is 2.23. The standard InChI is InChI=1S/C17H26ClNO2/c1-4-19-11-13-9-14(18)10-16(20-3)17(13)21-15-7-5-6-12(2)8-15/h9-10,12,15,19H,4-8,11H2,1-3H3. The molecule has 0 saturated heterocycles. The molecule has 1 aliphatic rings. The molecule has 1 aromatic rings. The van der Waals surface area contributed by atoms with Crippen LogP contribution in [0.15, 0.2) is 12.1 Å². The summed E-state index contributed by atoms with van der Waals surface area (Å²) >= 11 is 6.18. The van der Waals surface area contributed by atoms with Gasteiger partial charge in [-0.25, -0.2) is 0 Å². The minimum atomic E-state index is 0.282. The molecule has 3 nitrogen and oxygen atoms in total. The molecule has 1 fully saturated rings. The van der Waals surface area contributed by atoms with Crippen LogP contribution in [0.25, 0.3) is 0 Å². The Balaban J connectivity index is 2.21. The smallest absolute Gasteiger partial charge is 0.166 e. The molecule has 2 rings (SSSR count). The lowest BCUT2D eigenvalue weighted by Crippen LogP contribution is -2.25. The maximum atomic E-state index is 6.31. The fourth-order valence-electron chi connectivity index (χ4n) is 2.95. The summed E-state index contributed by atoms with van der Waals surface area (Å²) in [5.74, 6) is 2.31. The van der Waals surface area contributed by atoms with Crippen LogP contribution >= 0.6 is 11.6 Å². The van der Waals surface area contributed by atoms with E-state index >= 15 is 0 Å². The minimum absolute atomic E-state index is 0.282. The number of halogens is 1. The van der Waals surface area contributed by atoms with Crippen molar-refractivity contribution in [3.8, 4) is 11.5 Å². The van der Waals surface area contributed by atoms with E-state index in [9.17, 15) is 0 Å². The Hall–Kier alpha value is -0.930. The number of methoxy groups -OCH3 is 1. The molecular formula is C17H26ClNO2. The molecule has 0 aliphatic heterocycles. The number of hydrogen-bond acceptors (Lipinski definition) is 3. The molecule has 0 aromatic heterocycles. The highest BCUT2D eigenvalue weighted by Crippen LogP contribution is 2.37. The van der Waals surface area contributed by atoms with Gasteiger partial charge in [0.15, 0.2) is 11.5 Å². The van der Waals surface area contributed by atoms with Gasteiger partial charge in [0.25, 0.3) is 0 Å². The quantitative estimate of drug-likeness (QED) is 0.844. The molecule has 0 amide bonds. The second-order valence-corrected chi connectivity index (χ2v) is 6.32. The van der Waals surface area contributed by atoms with Crippen molar-refractivity contribution in [3.05, 3.63) is 22.7 Å². The molecule has 4 heteroatoms. The van der Waals surface area contributed by atoms with Crippen LogP contribution in [-0.2, 0) is 6.54 Å². The van der Waals surface area contributed by atoms with Gasteiger partial charge in [-0.3, -0.25) is 0 Å². The molecule has 1 saturated carbocycles. The fraction of sp³-hybridized carbons (Fsp3) is 0.647. The normalized spacial score (nSPS) is 22.1. The first-order valence-corrected chi connectivity index (χ1v) is 8.25. The van der Waals surface area contributed by atoms with E-state index in [1.54, 1.807) is 7.11 Å². The first-order valence-electron chi connectivity index (χ1n) is 7.87. The lowest BCUT2D eigenvalue weighted by molar-refractivity contribution is 0.123. The summed E-state index contributed by atoms with van der Waals surface area (Å²) in [4.78, 5) is 0. The first kappa shape index (κ1) is 16.4. The van der Waals surface area contributed by atoms with Gasteiger partial charge >= 0.3 is 0 Å². The predicted octanol–water partition coefficient (Wildman–Crippen LogP) is 4.42. The average Bonchev–Trinajstić information content (AvgIpc) is 2.47. The van der Waals surface area contributed by atoms with Crippen molar-refractivity contribution in [2.45, 2.75) is 52.2 Å². The molecule has 1 N–H and O–H groups in total. The van der Waals surface area contributed by atoms with Crippen LogP contribution in [0.1, 0.15) is 45.1 Å². The van der Waals surface area contributed by atoms with Crippen LogP contribution in [0.2, 0.25) is 5.02 Å². The molecule has 21 heavy (non-hydrogen) atoms. The topological polar surface area (TPSA) is 30.5 Å². The lowest BCUT2D eigenvalue weighted by Gasteiger charge is -2.29. The zero-order valence-corrected chi connectivity index (χ0v) is 14.0. The van der Waals surface area contributed by atoms with Crippen LogP contribution in [0.5, 0.6) is 11.5 Å². The van der Waals surface area contributed by atoms with Crippen molar-refractivity contribution in [2.24, 2.45) is 5.92 Å². The van der Waals surface area contributed by atoms with E-state index in [1.807, 2.05) is 12.1 Å². The highest BCUT2D eigenvalue weighted by atomic mass is 35.5. The van der Waals surface area contributed by atoms with Gasteiger partial charge in [0, 0.05) is 23.2 Å². The van der Waals surface area contributed by atoms with Gasteiger partial charge in [0.2, 0.25) is 0 Å². The van der Waals surface area contributed by atoms with E-state index in [4.69, 9.17) is 21.1 Å². The second kappa shape index (κ2) is 7.90. The molecule has 118 valence electrons. The van der Waals surface area contributed by atoms with Crippen molar-refractivity contribution in [3.63, 3.8) is 0 Å². The third-order valence-electron chi connectivity index (χ3n) is 4.05. The summed E-state index contributed by atoms with van der Waals surface area (Å²) in [5, 5.41) is 4.02. The van der Waals surface area contributed by atoms with Gasteiger partial charge < -0.3 is 14.8 Å². The van der Waals surface area contributed by atoms with Gasteiger partial charge in [-0.05, 0) is 37.8 Å². The second-order valence-electron chi connectivity index (χ2n) is 5.89. The van der Waals surface area contributed by atoms with Gasteiger partial charge in [-0.1, -0.05) is 31.9 Å². The first-order chi connectivity index (χ1) is 10.1. The highest BCUT2D eigenvalue weighted by molar-refractivity contribution is 6.30. The van der Waals surface area contributed by atoms with E-state index < -0.39 is 0 Å². The fourth-order valence-corrected chi connectivity index (χ4v) is 3.18. The van der Waals surface area contributed by atoms with Crippen molar-refractivity contribution in [2.75, 3.05) is 13.7 Å². The number of hydrogen-bond donors (Lipinski definition) is 1. The van der Waals surface area contributed by atoms with Gasteiger partial charge in [-0.2, -0.15) is 0 Å². The molecule has 0 heterocycles. The summed E-state index contributed by atoms with van der Waals surface area (Å²) in [7, 11) is 1.67. The number of rotatable bonds is 6. The average molecular weight is 312 g/mol. The van der Waals surface area contributed by atoms with Crippen molar-refractivity contribution in [1.29, 1.82) is 0 Å². The van der Waals surface area contributed by atoms with Crippen LogP contribution in [-0.4, -0.2) is 19.8 Å². The molecular weight excluding hydrogens is 286 g/mol. The maximum absolute atomic E-state index is 6.31. The van der Waals surface area contributed by atoms with Crippen molar-refractivity contribution in [1.82, 2.24) is 5.32 Å². The zero-order chi connectivity index (χ0) is 15.2. The molecule has 2 atom stereocenters. The van der Waals surface area contributed by atoms with E-state index in [-0.39, 0.29) is 6.10 Å². The van der Waals surface area contributed by atoms with E-state index in [2.05, 4.69) is 19.2 Å². The van der Waals surface area contributed by atoms with Gasteiger partial charge in [-0.15, -0.1) is 0 Å². The molecule has 1 aromatic carbocycles. The van der Waals surface area contributed by atoms with E-state index in [0.717, 1.165) is 48.9 Å². The van der Waals surface area contributed by atoms with Gasteiger partial charge in [0.1, 0.15) is 0 Å². The minimum Gasteiger partial charge on any atom is -0.493 e. The summed E-state index contributed by atoms with van der Waals surface area (Å²) < 4.78 is 11.8. The molecule has 1 aliphatic carbocycles. The lowest BCUT2D eigenvalue weighted by atomic mass is 9.88. The third kappa shape index (κ3) is 4.52. The summed E-state index contributed by atoms with van der Waals surface area (Å²) in [5.41, 5.74) is 1.07. The van der Waals surface area contributed by atoms with Crippen LogP contribution in [0.4, 0.5) is 0 Å². The Labute approximate surface area is 133 Å². The Morgan fingerprint density at radius 2 is 2.14 bits per heavy atom. The Morgan fingerprint density at radius 1 is 1.33 bits per heavy atom. The largest absolute Gasteiger partial charge is 0.493 e. The third-order valence-corrected chi connectivity index (χ3v) is 4.27. The van der Waals surface area contributed by atoms with E-state index in [1.165, 1.54) is 12.8 Å². The Morgan fingerprint density at radius 3 is 2.81 bits per heavy atom. The molecule has 0 bridgehead atoms. The number of nitrogens with one attached hydrogen (secondary N) is 1. The van der Waals surface area contributed by atoms with Crippen LogP contribution in [0, 0.1) is 5.92 Å². The Kier molecular flexibility index (Phi) is 6.19. The molecule has 0 radical (unpaired) electrons. The number of ether oxygens (including phenoxy) is 2. The van der Waals surface area contributed by atoms with E-state index in [0.29, 0.717) is 5.02 Å². The SMILES string of the molecule is CCNCc1cc(Cl)cc(OC)c1OC1CCCC(C)C1. The molecule has 2 unspecified atom stereocenters. The number of benzene rings is 1. The van der Waals surface area contributed by atoms with Gasteiger partial charge in [0.05, 0.1) is 13.2 Å². The summed E-state index contributed by atoms with van der Waals surface area (Å²) in [6.07, 6.45) is 5.07. The molecule has 0 spiro atoms.